The number of ether oxygens (including phenoxy) is 1. The Labute approximate surface area is 164 Å². The number of esters is 1. The lowest BCUT2D eigenvalue weighted by molar-refractivity contribution is -0.132. The minimum absolute atomic E-state index is 0.0105. The first kappa shape index (κ1) is 19.1. The third-order valence-corrected chi connectivity index (χ3v) is 6.17. The molecular formula is C20H17NO4S2. The molecule has 0 atom stereocenters. The van der Waals surface area contributed by atoms with Crippen LogP contribution in [0.1, 0.15) is 11.1 Å². The fourth-order valence-corrected chi connectivity index (χ4v) is 4.79. The smallest absolute Gasteiger partial charge is 0.360 e. The molecule has 0 amide bonds. The maximum absolute atomic E-state index is 12.3. The summed E-state index contributed by atoms with van der Waals surface area (Å²) in [6.07, 6.45) is 0. The van der Waals surface area contributed by atoms with Crippen LogP contribution in [0.5, 0.6) is 0 Å². The average molecular weight is 399 g/mol. The van der Waals surface area contributed by atoms with E-state index in [0.717, 1.165) is 19.9 Å². The number of nitrogens with zero attached hydrogens (tertiary/aromatic N) is 1. The number of fused-ring (bicyclic) bond motifs is 1. The van der Waals surface area contributed by atoms with Crippen molar-refractivity contribution in [2.45, 2.75) is 9.96 Å². The summed E-state index contributed by atoms with van der Waals surface area (Å²) in [6, 6.07) is 16.7. The molecule has 3 aromatic rings. The number of carbonyl (C=O) groups is 1. The zero-order valence-corrected chi connectivity index (χ0v) is 16.4. The van der Waals surface area contributed by atoms with E-state index in [1.165, 1.54) is 14.2 Å². The molecule has 0 aliphatic rings. The van der Waals surface area contributed by atoms with Gasteiger partial charge in [0.05, 0.1) is 11.3 Å². The summed E-state index contributed by atoms with van der Waals surface area (Å²) >= 11 is 3.11. The predicted molar refractivity (Wildman–Crippen MR) is 110 cm³/mol. The van der Waals surface area contributed by atoms with Gasteiger partial charge in [0, 0.05) is 27.5 Å². The number of benzene rings is 2. The highest BCUT2D eigenvalue weighted by molar-refractivity contribution is 8.00. The van der Waals surface area contributed by atoms with Crippen LogP contribution in [-0.2, 0) is 20.1 Å². The van der Waals surface area contributed by atoms with E-state index in [1.54, 1.807) is 35.2 Å². The van der Waals surface area contributed by atoms with Gasteiger partial charge in [-0.15, -0.1) is 23.1 Å². The maximum atomic E-state index is 12.3. The highest BCUT2D eigenvalue weighted by atomic mass is 32.2. The van der Waals surface area contributed by atoms with E-state index < -0.39 is 5.97 Å². The normalized spacial score (nSPS) is 11.4. The Morgan fingerprint density at radius 2 is 1.85 bits per heavy atom. The van der Waals surface area contributed by atoms with Crippen molar-refractivity contribution in [1.82, 2.24) is 0 Å². The quantitative estimate of drug-likeness (QED) is 0.270. The second-order valence-electron chi connectivity index (χ2n) is 5.49. The van der Waals surface area contributed by atoms with Gasteiger partial charge >= 0.3 is 5.97 Å². The molecule has 138 valence electrons. The lowest BCUT2D eigenvalue weighted by Crippen LogP contribution is -2.19. The van der Waals surface area contributed by atoms with E-state index in [9.17, 15) is 9.59 Å². The lowest BCUT2D eigenvalue weighted by Gasteiger charge is -2.10. The molecule has 0 spiro atoms. The van der Waals surface area contributed by atoms with Crippen LogP contribution >= 0.6 is 23.1 Å². The Balaban J connectivity index is 1.90. The number of hydrogen-bond donors (Lipinski definition) is 0. The molecule has 0 aliphatic carbocycles. The van der Waals surface area contributed by atoms with Crippen molar-refractivity contribution in [2.75, 3.05) is 14.2 Å². The molecule has 0 radical (unpaired) electrons. The fraction of sp³-hybridized carbons (Fsp3) is 0.150. The number of methoxy groups -OCH3 is 1. The van der Waals surface area contributed by atoms with Crippen LogP contribution in [-0.4, -0.2) is 25.9 Å². The van der Waals surface area contributed by atoms with Gasteiger partial charge in [-0.1, -0.05) is 41.6 Å². The third-order valence-electron chi connectivity index (χ3n) is 3.82. The first-order valence-corrected chi connectivity index (χ1v) is 9.87. The summed E-state index contributed by atoms with van der Waals surface area (Å²) in [5.74, 6) is 0.00847. The van der Waals surface area contributed by atoms with Gasteiger partial charge in [-0.05, 0) is 17.7 Å². The molecule has 0 unspecified atom stereocenters. The molecule has 0 bridgehead atoms. The molecule has 0 saturated heterocycles. The number of rotatable bonds is 6. The minimum Gasteiger partial charge on any atom is -0.464 e. The number of thioether (sulfide) groups is 1. The highest BCUT2D eigenvalue weighted by Gasteiger charge is 2.19. The molecule has 2 aromatic carbocycles. The zero-order valence-electron chi connectivity index (χ0n) is 14.8. The molecule has 27 heavy (non-hydrogen) atoms. The second-order valence-corrected chi connectivity index (χ2v) is 7.85. The van der Waals surface area contributed by atoms with Crippen molar-refractivity contribution in [3.05, 3.63) is 75.9 Å². The molecule has 5 nitrogen and oxygen atoms in total. The van der Waals surface area contributed by atoms with Crippen molar-refractivity contribution in [3.8, 4) is 0 Å². The topological polar surface area (TPSA) is 65.0 Å². The Hall–Kier alpha value is -2.64. The Kier molecular flexibility index (Phi) is 6.26. The molecule has 0 saturated carbocycles. The molecule has 3 rings (SSSR count). The van der Waals surface area contributed by atoms with Gasteiger partial charge in [-0.2, -0.15) is 0 Å². The van der Waals surface area contributed by atoms with E-state index in [1.807, 2.05) is 42.5 Å². The summed E-state index contributed by atoms with van der Waals surface area (Å²) in [6.45, 7) is 0. The van der Waals surface area contributed by atoms with Gasteiger partial charge in [0.1, 0.15) is 7.11 Å². The van der Waals surface area contributed by atoms with Crippen molar-refractivity contribution < 1.29 is 14.4 Å². The van der Waals surface area contributed by atoms with Gasteiger partial charge in [-0.3, -0.25) is 4.79 Å². The average Bonchev–Trinajstić information content (AvgIpc) is 2.70. The van der Waals surface area contributed by atoms with Gasteiger partial charge in [0.15, 0.2) is 11.1 Å². The van der Waals surface area contributed by atoms with Gasteiger partial charge in [0.25, 0.3) is 0 Å². The van der Waals surface area contributed by atoms with Gasteiger partial charge in [-0.25, -0.2) is 4.79 Å². The number of hydrogen-bond acceptors (Lipinski definition) is 7. The van der Waals surface area contributed by atoms with Crippen LogP contribution in [0.3, 0.4) is 0 Å². The summed E-state index contributed by atoms with van der Waals surface area (Å²) < 4.78 is 6.67. The molecule has 0 N–H and O–H groups in total. The monoisotopic (exact) mass is 399 g/mol. The van der Waals surface area contributed by atoms with Crippen molar-refractivity contribution >= 4 is 44.9 Å². The first-order valence-electron chi connectivity index (χ1n) is 8.07. The van der Waals surface area contributed by atoms with Crippen LogP contribution in [0.2, 0.25) is 0 Å². The number of carbonyl (C=O) groups excluding carboxylic acids is 1. The highest BCUT2D eigenvalue weighted by Crippen LogP contribution is 2.30. The van der Waals surface area contributed by atoms with Gasteiger partial charge in [0.2, 0.25) is 0 Å². The Morgan fingerprint density at radius 3 is 2.63 bits per heavy atom. The summed E-state index contributed by atoms with van der Waals surface area (Å²) in [5, 5.41) is 4.55. The van der Waals surface area contributed by atoms with Crippen LogP contribution in [0.15, 0.2) is 68.8 Å². The van der Waals surface area contributed by atoms with Crippen LogP contribution in [0, 0.1) is 0 Å². The van der Waals surface area contributed by atoms with Crippen LogP contribution in [0.4, 0.5) is 0 Å². The van der Waals surface area contributed by atoms with Crippen molar-refractivity contribution in [2.24, 2.45) is 5.16 Å². The minimum atomic E-state index is -0.565. The lowest BCUT2D eigenvalue weighted by atomic mass is 10.0. The standard InChI is InChI=1S/C20H17NO4S2/c1-24-20(23)19(21-25-2)14-8-4-3-7-13(14)12-26-18-11-16(22)15-9-5-6-10-17(15)27-18/h3-11H,12H2,1-2H3/b21-19+. The predicted octanol–water partition coefficient (Wildman–Crippen LogP) is 4.08. The molecule has 1 aromatic heterocycles. The molecule has 0 fully saturated rings. The van der Waals surface area contributed by atoms with E-state index in [-0.39, 0.29) is 11.1 Å². The second kappa shape index (κ2) is 8.83. The number of oxime groups is 1. The fourth-order valence-electron chi connectivity index (χ4n) is 2.56. The van der Waals surface area contributed by atoms with E-state index in [4.69, 9.17) is 9.57 Å². The zero-order chi connectivity index (χ0) is 19.2. The third kappa shape index (κ3) is 4.37. The Morgan fingerprint density at radius 1 is 1.11 bits per heavy atom. The summed E-state index contributed by atoms with van der Waals surface area (Å²) in [5.41, 5.74) is 1.67. The summed E-state index contributed by atoms with van der Waals surface area (Å²) in [4.78, 5) is 29.1. The molecular weight excluding hydrogens is 382 g/mol. The van der Waals surface area contributed by atoms with E-state index in [2.05, 4.69) is 5.16 Å². The van der Waals surface area contributed by atoms with Crippen LogP contribution in [0.25, 0.3) is 10.1 Å². The van der Waals surface area contributed by atoms with E-state index >= 15 is 0 Å². The SMILES string of the molecule is CO/N=C(/C(=O)OC)c1ccccc1CSc1cc(=O)c2ccccc2s1. The molecule has 7 heteroatoms. The van der Waals surface area contributed by atoms with E-state index in [0.29, 0.717) is 11.3 Å². The van der Waals surface area contributed by atoms with Gasteiger partial charge < -0.3 is 9.57 Å². The van der Waals surface area contributed by atoms with Crippen LogP contribution < -0.4 is 5.43 Å². The van der Waals surface area contributed by atoms with Crippen molar-refractivity contribution in [1.29, 1.82) is 0 Å². The Bertz CT molecular complexity index is 1060. The molecule has 0 aliphatic heterocycles. The largest absolute Gasteiger partial charge is 0.464 e. The maximum Gasteiger partial charge on any atom is 0.360 e. The van der Waals surface area contributed by atoms with Crippen molar-refractivity contribution in [3.63, 3.8) is 0 Å². The summed E-state index contributed by atoms with van der Waals surface area (Å²) in [7, 11) is 2.68. The molecule has 1 heterocycles. The first-order chi connectivity index (χ1) is 13.1.